The molecule has 0 saturated heterocycles. The van der Waals surface area contributed by atoms with Gasteiger partial charge in [0.15, 0.2) is 5.82 Å². The summed E-state index contributed by atoms with van der Waals surface area (Å²) in [7, 11) is -3.95. The van der Waals surface area contributed by atoms with Gasteiger partial charge in [-0.3, -0.25) is 4.72 Å². The van der Waals surface area contributed by atoms with E-state index in [0.717, 1.165) is 12.1 Å². The maximum absolute atomic E-state index is 13.3. The van der Waals surface area contributed by atoms with E-state index in [2.05, 4.69) is 20.7 Å². The zero-order chi connectivity index (χ0) is 15.8. The lowest BCUT2D eigenvalue weighted by Crippen LogP contribution is -2.13. The summed E-state index contributed by atoms with van der Waals surface area (Å²) >= 11 is 20.3. The average Bonchev–Trinajstić information content (AvgIpc) is 2.34. The molecule has 0 saturated carbocycles. The summed E-state index contributed by atoms with van der Waals surface area (Å²) in [6.07, 6.45) is 0. The van der Waals surface area contributed by atoms with Crippen molar-refractivity contribution in [3.8, 4) is 0 Å². The number of hydrogen-bond acceptors (Lipinski definition) is 2. The van der Waals surface area contributed by atoms with E-state index >= 15 is 0 Å². The molecule has 0 amide bonds. The molecule has 112 valence electrons. The van der Waals surface area contributed by atoms with Crippen molar-refractivity contribution in [3.05, 3.63) is 55.7 Å². The van der Waals surface area contributed by atoms with Crippen LogP contribution in [0.3, 0.4) is 0 Å². The Hall–Kier alpha value is -0.530. The molecular weight excluding hydrogens is 427 g/mol. The molecule has 0 unspecified atom stereocenters. The van der Waals surface area contributed by atoms with Crippen molar-refractivity contribution in [1.29, 1.82) is 0 Å². The van der Waals surface area contributed by atoms with Crippen molar-refractivity contribution in [2.24, 2.45) is 0 Å². The average molecular weight is 434 g/mol. The van der Waals surface area contributed by atoms with Crippen molar-refractivity contribution >= 4 is 66.4 Å². The molecule has 2 aromatic rings. The Balaban J connectivity index is 2.42. The van der Waals surface area contributed by atoms with Gasteiger partial charge in [0.25, 0.3) is 10.0 Å². The minimum atomic E-state index is -3.95. The summed E-state index contributed by atoms with van der Waals surface area (Å²) in [5, 5.41) is -0.541. The highest BCUT2D eigenvalue weighted by Crippen LogP contribution is 2.30. The van der Waals surface area contributed by atoms with Crippen LogP contribution in [0.25, 0.3) is 0 Å². The van der Waals surface area contributed by atoms with Crippen LogP contribution in [0.2, 0.25) is 15.1 Å². The Morgan fingerprint density at radius 2 is 1.57 bits per heavy atom. The zero-order valence-corrected chi connectivity index (χ0v) is 14.7. The van der Waals surface area contributed by atoms with Crippen LogP contribution in [0.5, 0.6) is 0 Å². The van der Waals surface area contributed by atoms with Crippen LogP contribution < -0.4 is 4.72 Å². The van der Waals surface area contributed by atoms with E-state index < -0.39 is 15.8 Å². The Labute approximate surface area is 144 Å². The second-order valence-corrected chi connectivity index (χ2v) is 7.72. The first-order chi connectivity index (χ1) is 9.70. The van der Waals surface area contributed by atoms with Gasteiger partial charge in [-0.25, -0.2) is 12.8 Å². The van der Waals surface area contributed by atoms with Crippen LogP contribution in [-0.2, 0) is 10.0 Å². The van der Waals surface area contributed by atoms with Gasteiger partial charge < -0.3 is 0 Å². The molecule has 0 aromatic heterocycles. The highest BCUT2D eigenvalue weighted by molar-refractivity contribution is 9.10. The highest BCUT2D eigenvalue weighted by Gasteiger charge is 2.19. The van der Waals surface area contributed by atoms with Crippen LogP contribution in [-0.4, -0.2) is 8.42 Å². The number of halogens is 5. The van der Waals surface area contributed by atoms with Crippen LogP contribution in [0, 0.1) is 5.82 Å². The van der Waals surface area contributed by atoms with E-state index in [-0.39, 0.29) is 25.7 Å². The van der Waals surface area contributed by atoms with Gasteiger partial charge in [0.1, 0.15) is 4.90 Å². The number of anilines is 1. The Bertz CT molecular complexity index is 791. The Morgan fingerprint density at radius 1 is 1.00 bits per heavy atom. The molecule has 9 heteroatoms. The highest BCUT2D eigenvalue weighted by atomic mass is 79.9. The second-order valence-electron chi connectivity index (χ2n) is 3.93. The maximum Gasteiger partial charge on any atom is 0.263 e. The van der Waals surface area contributed by atoms with Gasteiger partial charge in [-0.1, -0.05) is 50.7 Å². The number of sulfonamides is 1. The predicted octanol–water partition coefficient (Wildman–Crippen LogP) is 5.35. The summed E-state index contributed by atoms with van der Waals surface area (Å²) in [5.74, 6) is -0.817. The fourth-order valence-corrected chi connectivity index (χ4v) is 4.08. The second kappa shape index (κ2) is 6.30. The third-order valence-corrected chi connectivity index (χ3v) is 5.33. The van der Waals surface area contributed by atoms with Crippen molar-refractivity contribution < 1.29 is 12.8 Å². The van der Waals surface area contributed by atoms with Crippen molar-refractivity contribution in [2.75, 3.05) is 4.72 Å². The van der Waals surface area contributed by atoms with Crippen LogP contribution in [0.15, 0.2) is 39.7 Å². The van der Waals surface area contributed by atoms with E-state index in [1.54, 1.807) is 0 Å². The van der Waals surface area contributed by atoms with Gasteiger partial charge in [-0.15, -0.1) is 0 Å². The SMILES string of the molecule is O=S(=O)(Nc1cc(Cl)c(F)c(Cl)c1)c1ccc(Br)cc1Cl. The molecule has 0 bridgehead atoms. The molecule has 0 spiro atoms. The zero-order valence-electron chi connectivity index (χ0n) is 10.0. The minimum absolute atomic E-state index is 0.0328. The molecular formula is C12H6BrCl3FNO2S. The smallest absolute Gasteiger partial charge is 0.263 e. The molecule has 0 fully saturated rings. The molecule has 0 heterocycles. The van der Waals surface area contributed by atoms with Gasteiger partial charge in [-0.05, 0) is 30.3 Å². The number of rotatable bonds is 3. The molecule has 2 rings (SSSR count). The molecule has 2 aromatic carbocycles. The topological polar surface area (TPSA) is 46.2 Å². The summed E-state index contributed by atoms with van der Waals surface area (Å²) in [4.78, 5) is -0.121. The number of hydrogen-bond donors (Lipinski definition) is 1. The summed E-state index contributed by atoms with van der Waals surface area (Å²) < 4.78 is 40.7. The van der Waals surface area contributed by atoms with E-state index in [1.165, 1.54) is 18.2 Å². The van der Waals surface area contributed by atoms with Crippen molar-refractivity contribution in [1.82, 2.24) is 0 Å². The molecule has 0 atom stereocenters. The van der Waals surface area contributed by atoms with Gasteiger partial charge in [0, 0.05) is 4.47 Å². The van der Waals surface area contributed by atoms with Gasteiger partial charge >= 0.3 is 0 Å². The molecule has 0 aliphatic heterocycles. The normalized spacial score (nSPS) is 11.5. The van der Waals surface area contributed by atoms with E-state index in [9.17, 15) is 12.8 Å². The maximum atomic E-state index is 13.3. The lowest BCUT2D eigenvalue weighted by Gasteiger charge is -2.11. The lowest BCUT2D eigenvalue weighted by atomic mass is 10.3. The summed E-state index contributed by atoms with van der Waals surface area (Å²) in [5.41, 5.74) is 0.0328. The Morgan fingerprint density at radius 3 is 2.10 bits per heavy atom. The third-order valence-electron chi connectivity index (χ3n) is 2.42. The van der Waals surface area contributed by atoms with E-state index in [1.807, 2.05) is 0 Å². The van der Waals surface area contributed by atoms with Gasteiger partial charge in [0.2, 0.25) is 0 Å². The molecule has 0 aliphatic rings. The van der Waals surface area contributed by atoms with E-state index in [0.29, 0.717) is 4.47 Å². The van der Waals surface area contributed by atoms with Crippen LogP contribution >= 0.6 is 50.7 Å². The van der Waals surface area contributed by atoms with Crippen molar-refractivity contribution in [2.45, 2.75) is 4.90 Å². The minimum Gasteiger partial charge on any atom is -0.279 e. The fraction of sp³-hybridized carbons (Fsp3) is 0. The first-order valence-corrected chi connectivity index (χ1v) is 8.74. The summed E-state index contributed by atoms with van der Waals surface area (Å²) in [6, 6.07) is 6.55. The van der Waals surface area contributed by atoms with Crippen LogP contribution in [0.1, 0.15) is 0 Å². The van der Waals surface area contributed by atoms with Gasteiger partial charge in [0.05, 0.1) is 20.8 Å². The first kappa shape index (κ1) is 16.8. The van der Waals surface area contributed by atoms with E-state index in [4.69, 9.17) is 34.8 Å². The third kappa shape index (κ3) is 3.81. The van der Waals surface area contributed by atoms with Gasteiger partial charge in [-0.2, -0.15) is 0 Å². The largest absolute Gasteiger partial charge is 0.279 e. The summed E-state index contributed by atoms with van der Waals surface area (Å²) in [6.45, 7) is 0. The number of nitrogens with one attached hydrogen (secondary N) is 1. The quantitative estimate of drug-likeness (QED) is 0.664. The van der Waals surface area contributed by atoms with Crippen molar-refractivity contribution in [3.63, 3.8) is 0 Å². The molecule has 0 radical (unpaired) electrons. The predicted molar refractivity (Wildman–Crippen MR) is 86.4 cm³/mol. The molecule has 0 aliphatic carbocycles. The van der Waals surface area contributed by atoms with Crippen LogP contribution in [0.4, 0.5) is 10.1 Å². The molecule has 3 nitrogen and oxygen atoms in total. The first-order valence-electron chi connectivity index (χ1n) is 5.33. The monoisotopic (exact) mass is 431 g/mol. The molecule has 21 heavy (non-hydrogen) atoms. The Kier molecular flexibility index (Phi) is 5.05. The standard InChI is InChI=1S/C12H6BrCl3FNO2S/c13-6-1-2-11(8(14)3-6)21(19,20)18-7-4-9(15)12(17)10(16)5-7/h1-5,18H. The molecule has 1 N–H and O–H groups in total. The lowest BCUT2D eigenvalue weighted by molar-refractivity contribution is 0.601. The fourth-order valence-electron chi connectivity index (χ4n) is 1.52. The number of benzene rings is 2.